The van der Waals surface area contributed by atoms with Crippen LogP contribution in [0.15, 0.2) is 24.3 Å². The lowest BCUT2D eigenvalue weighted by Crippen LogP contribution is -2.24. The van der Waals surface area contributed by atoms with Gasteiger partial charge in [0.1, 0.15) is 0 Å². The molecule has 0 saturated carbocycles. The van der Waals surface area contributed by atoms with Crippen LogP contribution in [0.3, 0.4) is 0 Å². The minimum atomic E-state index is 0.587. The van der Waals surface area contributed by atoms with Crippen LogP contribution < -0.4 is 5.32 Å². The summed E-state index contributed by atoms with van der Waals surface area (Å²) in [6, 6.07) is 9.30. The first kappa shape index (κ1) is 11.0. The summed E-state index contributed by atoms with van der Waals surface area (Å²) < 4.78 is 1.30. The van der Waals surface area contributed by atoms with Gasteiger partial charge in [0, 0.05) is 9.61 Å². The molecule has 0 bridgehead atoms. The Hall–Kier alpha value is -0.0900. The van der Waals surface area contributed by atoms with E-state index in [1.807, 2.05) is 0 Å². The zero-order chi connectivity index (χ0) is 9.68. The van der Waals surface area contributed by atoms with Gasteiger partial charge in [-0.3, -0.25) is 0 Å². The van der Waals surface area contributed by atoms with Crippen molar-refractivity contribution >= 4 is 22.6 Å². The number of nitrogens with one attached hydrogen (secondary N) is 1. The van der Waals surface area contributed by atoms with Crippen LogP contribution in [0.1, 0.15) is 19.4 Å². The molecule has 0 saturated heterocycles. The van der Waals surface area contributed by atoms with Crippen LogP contribution in [-0.2, 0) is 6.42 Å². The molecule has 0 radical (unpaired) electrons. The van der Waals surface area contributed by atoms with Gasteiger partial charge in [-0.1, -0.05) is 26.0 Å². The van der Waals surface area contributed by atoms with Crippen molar-refractivity contribution in [3.8, 4) is 0 Å². The molecule has 0 amide bonds. The summed E-state index contributed by atoms with van der Waals surface area (Å²) in [4.78, 5) is 0. The third kappa shape index (κ3) is 4.62. The Morgan fingerprint density at radius 1 is 1.23 bits per heavy atom. The van der Waals surface area contributed by atoms with Crippen molar-refractivity contribution in [3.05, 3.63) is 33.4 Å². The van der Waals surface area contributed by atoms with E-state index in [9.17, 15) is 0 Å². The summed E-state index contributed by atoms with van der Waals surface area (Å²) >= 11 is 2.33. The molecule has 0 heterocycles. The lowest BCUT2D eigenvalue weighted by molar-refractivity contribution is 0.590. The third-order valence-electron chi connectivity index (χ3n) is 1.88. The van der Waals surface area contributed by atoms with E-state index in [4.69, 9.17) is 0 Å². The molecular weight excluding hydrogens is 273 g/mol. The lowest BCUT2D eigenvalue weighted by atomic mass is 10.1. The quantitative estimate of drug-likeness (QED) is 0.840. The van der Waals surface area contributed by atoms with E-state index in [1.165, 1.54) is 9.13 Å². The molecule has 0 aliphatic heterocycles. The van der Waals surface area contributed by atoms with Crippen molar-refractivity contribution in [1.29, 1.82) is 0 Å². The fraction of sp³-hybridized carbons (Fsp3) is 0.455. The van der Waals surface area contributed by atoms with E-state index in [2.05, 4.69) is 66.0 Å². The normalized spacial score (nSPS) is 10.8. The zero-order valence-corrected chi connectivity index (χ0v) is 10.3. The highest BCUT2D eigenvalue weighted by atomic mass is 127. The summed E-state index contributed by atoms with van der Waals surface area (Å²) in [5.74, 6) is 0. The molecule has 2 heteroatoms. The van der Waals surface area contributed by atoms with Gasteiger partial charge in [-0.15, -0.1) is 0 Å². The van der Waals surface area contributed by atoms with Gasteiger partial charge in [0.25, 0.3) is 0 Å². The maximum absolute atomic E-state index is 3.41. The molecule has 0 spiro atoms. The summed E-state index contributed by atoms with van der Waals surface area (Å²) in [5, 5.41) is 3.41. The van der Waals surface area contributed by atoms with E-state index >= 15 is 0 Å². The monoisotopic (exact) mass is 289 g/mol. The summed E-state index contributed by atoms with van der Waals surface area (Å²) in [7, 11) is 0. The van der Waals surface area contributed by atoms with E-state index in [0.29, 0.717) is 6.04 Å². The molecule has 1 nitrogen and oxygen atoms in total. The highest BCUT2D eigenvalue weighted by Crippen LogP contribution is 2.06. The van der Waals surface area contributed by atoms with E-state index in [-0.39, 0.29) is 0 Å². The van der Waals surface area contributed by atoms with Crippen molar-refractivity contribution in [2.75, 3.05) is 6.54 Å². The van der Waals surface area contributed by atoms with Crippen LogP contribution in [0.4, 0.5) is 0 Å². The van der Waals surface area contributed by atoms with Crippen LogP contribution in [0.2, 0.25) is 0 Å². The van der Waals surface area contributed by atoms with Crippen molar-refractivity contribution in [1.82, 2.24) is 5.32 Å². The van der Waals surface area contributed by atoms with Crippen LogP contribution in [-0.4, -0.2) is 12.6 Å². The Kier molecular flexibility index (Phi) is 4.73. The van der Waals surface area contributed by atoms with Gasteiger partial charge >= 0.3 is 0 Å². The molecule has 0 fully saturated rings. The average molecular weight is 289 g/mol. The first-order valence-corrected chi connectivity index (χ1v) is 5.74. The second-order valence-corrected chi connectivity index (χ2v) is 4.73. The number of hydrogen-bond donors (Lipinski definition) is 1. The molecule has 0 unspecified atom stereocenters. The van der Waals surface area contributed by atoms with E-state index in [0.717, 1.165) is 13.0 Å². The van der Waals surface area contributed by atoms with Gasteiger partial charge in [-0.2, -0.15) is 0 Å². The Morgan fingerprint density at radius 3 is 2.38 bits per heavy atom. The fourth-order valence-corrected chi connectivity index (χ4v) is 1.52. The predicted octanol–water partition coefficient (Wildman–Crippen LogP) is 2.83. The Balaban J connectivity index is 2.33. The summed E-state index contributed by atoms with van der Waals surface area (Å²) in [5.41, 5.74) is 1.41. The van der Waals surface area contributed by atoms with Crippen molar-refractivity contribution < 1.29 is 0 Å². The second kappa shape index (κ2) is 5.60. The molecule has 0 aliphatic carbocycles. The molecule has 0 aliphatic rings. The first-order valence-electron chi connectivity index (χ1n) is 4.66. The van der Waals surface area contributed by atoms with Gasteiger partial charge < -0.3 is 5.32 Å². The number of benzene rings is 1. The van der Waals surface area contributed by atoms with Crippen LogP contribution in [0.5, 0.6) is 0 Å². The van der Waals surface area contributed by atoms with Crippen LogP contribution >= 0.6 is 22.6 Å². The topological polar surface area (TPSA) is 12.0 Å². The Morgan fingerprint density at radius 2 is 1.85 bits per heavy atom. The molecule has 1 aromatic rings. The number of halogens is 1. The molecule has 0 atom stereocenters. The second-order valence-electron chi connectivity index (χ2n) is 3.49. The lowest BCUT2D eigenvalue weighted by Gasteiger charge is -2.07. The minimum Gasteiger partial charge on any atom is -0.314 e. The van der Waals surface area contributed by atoms with Gasteiger partial charge in [0.05, 0.1) is 0 Å². The minimum absolute atomic E-state index is 0.587. The smallest absolute Gasteiger partial charge is 0.0130 e. The van der Waals surface area contributed by atoms with E-state index < -0.39 is 0 Å². The third-order valence-corrected chi connectivity index (χ3v) is 2.60. The molecule has 13 heavy (non-hydrogen) atoms. The number of rotatable bonds is 4. The molecule has 72 valence electrons. The molecule has 1 N–H and O–H groups in total. The fourth-order valence-electron chi connectivity index (χ4n) is 1.16. The Bertz CT molecular complexity index is 241. The van der Waals surface area contributed by atoms with Crippen LogP contribution in [0.25, 0.3) is 0 Å². The molecule has 1 aromatic carbocycles. The maximum atomic E-state index is 3.41. The maximum Gasteiger partial charge on any atom is 0.0130 e. The molecule has 0 aromatic heterocycles. The molecular formula is C11H16IN. The zero-order valence-electron chi connectivity index (χ0n) is 8.18. The Labute approximate surface area is 94.1 Å². The highest BCUT2D eigenvalue weighted by molar-refractivity contribution is 14.1. The molecule has 1 rings (SSSR count). The predicted molar refractivity (Wildman–Crippen MR) is 66.0 cm³/mol. The van der Waals surface area contributed by atoms with Crippen molar-refractivity contribution in [2.45, 2.75) is 26.3 Å². The van der Waals surface area contributed by atoms with Gasteiger partial charge in [-0.05, 0) is 53.3 Å². The van der Waals surface area contributed by atoms with Gasteiger partial charge in [0.2, 0.25) is 0 Å². The average Bonchev–Trinajstić information content (AvgIpc) is 2.08. The van der Waals surface area contributed by atoms with Gasteiger partial charge in [0.15, 0.2) is 0 Å². The van der Waals surface area contributed by atoms with Gasteiger partial charge in [-0.25, -0.2) is 0 Å². The summed E-state index contributed by atoms with van der Waals surface area (Å²) in [6.45, 7) is 5.42. The van der Waals surface area contributed by atoms with Crippen LogP contribution in [0, 0.1) is 3.57 Å². The van der Waals surface area contributed by atoms with Crippen molar-refractivity contribution in [2.24, 2.45) is 0 Å². The standard InChI is InChI=1S/C11H16IN/c1-9(2)13-8-7-10-3-5-11(12)6-4-10/h3-6,9,13H,7-8H2,1-2H3. The SMILES string of the molecule is CC(C)NCCc1ccc(I)cc1. The first-order chi connectivity index (χ1) is 6.18. The largest absolute Gasteiger partial charge is 0.314 e. The highest BCUT2D eigenvalue weighted by Gasteiger charge is 1.94. The van der Waals surface area contributed by atoms with E-state index in [1.54, 1.807) is 0 Å². The van der Waals surface area contributed by atoms with Crippen molar-refractivity contribution in [3.63, 3.8) is 0 Å². The number of hydrogen-bond acceptors (Lipinski definition) is 1. The summed E-state index contributed by atoms with van der Waals surface area (Å²) in [6.07, 6.45) is 1.12.